The minimum atomic E-state index is -1.46. The van der Waals surface area contributed by atoms with Crippen LogP contribution in [0, 0.1) is 6.92 Å². The minimum Gasteiger partial charge on any atom is -0.481 e. The van der Waals surface area contributed by atoms with E-state index in [9.17, 15) is 14.4 Å². The van der Waals surface area contributed by atoms with Crippen molar-refractivity contribution in [3.8, 4) is 0 Å². The highest BCUT2D eigenvalue weighted by Gasteiger charge is 2.24. The molecule has 0 fully saturated rings. The van der Waals surface area contributed by atoms with Crippen LogP contribution in [-0.4, -0.2) is 34.1 Å². The predicted molar refractivity (Wildman–Crippen MR) is 70.0 cm³/mol. The molecular formula is C12H12BrNO5. The van der Waals surface area contributed by atoms with Crippen LogP contribution in [0.3, 0.4) is 0 Å². The van der Waals surface area contributed by atoms with Gasteiger partial charge in [-0.25, -0.2) is 4.79 Å². The van der Waals surface area contributed by atoms with Gasteiger partial charge in [0.25, 0.3) is 5.91 Å². The van der Waals surface area contributed by atoms with Gasteiger partial charge in [-0.05, 0) is 35.0 Å². The van der Waals surface area contributed by atoms with Gasteiger partial charge in [0.15, 0.2) is 0 Å². The van der Waals surface area contributed by atoms with Crippen molar-refractivity contribution >= 4 is 33.8 Å². The largest absolute Gasteiger partial charge is 0.481 e. The summed E-state index contributed by atoms with van der Waals surface area (Å²) in [4.78, 5) is 33.3. The van der Waals surface area contributed by atoms with E-state index in [0.717, 1.165) is 5.56 Å². The van der Waals surface area contributed by atoms with Crippen molar-refractivity contribution in [1.29, 1.82) is 0 Å². The van der Waals surface area contributed by atoms with Gasteiger partial charge >= 0.3 is 11.9 Å². The van der Waals surface area contributed by atoms with Crippen molar-refractivity contribution in [2.24, 2.45) is 0 Å². The predicted octanol–water partition coefficient (Wildman–Crippen LogP) is 1.42. The third kappa shape index (κ3) is 4.36. The van der Waals surface area contributed by atoms with Crippen LogP contribution in [-0.2, 0) is 9.59 Å². The third-order valence-electron chi connectivity index (χ3n) is 2.35. The number of aliphatic carboxylic acids is 2. The number of hydrogen-bond acceptors (Lipinski definition) is 3. The van der Waals surface area contributed by atoms with Gasteiger partial charge in [-0.1, -0.05) is 11.6 Å². The van der Waals surface area contributed by atoms with Crippen molar-refractivity contribution in [2.45, 2.75) is 19.4 Å². The Morgan fingerprint density at radius 1 is 1.32 bits per heavy atom. The molecule has 0 bridgehead atoms. The summed E-state index contributed by atoms with van der Waals surface area (Å²) in [5.41, 5.74) is 1.09. The number of carbonyl (C=O) groups is 3. The second-order valence-electron chi connectivity index (χ2n) is 3.95. The van der Waals surface area contributed by atoms with Gasteiger partial charge in [0.2, 0.25) is 0 Å². The lowest BCUT2D eigenvalue weighted by Crippen LogP contribution is -2.42. The molecule has 3 N–H and O–H groups in total. The molecule has 1 amide bonds. The van der Waals surface area contributed by atoms with Crippen molar-refractivity contribution in [3.05, 3.63) is 33.8 Å². The SMILES string of the molecule is Cc1ccc(Br)c(C(=O)N[C@H](CC(=O)O)C(=O)O)c1. The first-order chi connectivity index (χ1) is 8.81. The van der Waals surface area contributed by atoms with Gasteiger partial charge in [0.1, 0.15) is 6.04 Å². The molecule has 1 atom stereocenters. The Morgan fingerprint density at radius 3 is 2.47 bits per heavy atom. The summed E-state index contributed by atoms with van der Waals surface area (Å²) in [5, 5.41) is 19.6. The molecule has 7 heteroatoms. The highest BCUT2D eigenvalue weighted by Crippen LogP contribution is 2.18. The number of amides is 1. The van der Waals surface area contributed by atoms with E-state index in [1.165, 1.54) is 0 Å². The zero-order valence-corrected chi connectivity index (χ0v) is 11.6. The second-order valence-corrected chi connectivity index (χ2v) is 4.80. The fraction of sp³-hybridized carbons (Fsp3) is 0.250. The summed E-state index contributed by atoms with van der Waals surface area (Å²) in [5.74, 6) is -3.32. The summed E-state index contributed by atoms with van der Waals surface area (Å²) in [6.07, 6.45) is -0.676. The second kappa shape index (κ2) is 6.33. The zero-order chi connectivity index (χ0) is 14.6. The van der Waals surface area contributed by atoms with E-state index < -0.39 is 30.3 Å². The molecule has 102 valence electrons. The molecule has 1 aromatic rings. The van der Waals surface area contributed by atoms with Crippen molar-refractivity contribution in [3.63, 3.8) is 0 Å². The smallest absolute Gasteiger partial charge is 0.326 e. The fourth-order valence-corrected chi connectivity index (χ4v) is 1.85. The van der Waals surface area contributed by atoms with Crippen molar-refractivity contribution in [1.82, 2.24) is 5.32 Å². The number of carbonyl (C=O) groups excluding carboxylic acids is 1. The average molecular weight is 330 g/mol. The van der Waals surface area contributed by atoms with Crippen LogP contribution < -0.4 is 5.32 Å². The first kappa shape index (κ1) is 15.2. The van der Waals surface area contributed by atoms with Crippen LogP contribution in [0.4, 0.5) is 0 Å². The number of rotatable bonds is 5. The molecule has 0 aliphatic heterocycles. The lowest BCUT2D eigenvalue weighted by atomic mass is 10.1. The molecule has 0 saturated heterocycles. The maximum absolute atomic E-state index is 11.9. The Bertz CT molecular complexity index is 529. The highest BCUT2D eigenvalue weighted by atomic mass is 79.9. The lowest BCUT2D eigenvalue weighted by Gasteiger charge is -2.13. The molecule has 0 spiro atoms. The van der Waals surface area contributed by atoms with Gasteiger partial charge in [0, 0.05) is 4.47 Å². The first-order valence-electron chi connectivity index (χ1n) is 5.33. The molecule has 1 rings (SSSR count). The van der Waals surface area contributed by atoms with Crippen LogP contribution >= 0.6 is 15.9 Å². The molecule has 0 radical (unpaired) electrons. The highest BCUT2D eigenvalue weighted by molar-refractivity contribution is 9.10. The van der Waals surface area contributed by atoms with E-state index in [1.807, 2.05) is 0 Å². The lowest BCUT2D eigenvalue weighted by molar-refractivity contribution is -0.145. The normalized spacial score (nSPS) is 11.7. The first-order valence-corrected chi connectivity index (χ1v) is 6.12. The van der Waals surface area contributed by atoms with E-state index >= 15 is 0 Å². The monoisotopic (exact) mass is 329 g/mol. The Morgan fingerprint density at radius 2 is 1.95 bits per heavy atom. The van der Waals surface area contributed by atoms with E-state index in [1.54, 1.807) is 25.1 Å². The quantitative estimate of drug-likeness (QED) is 0.757. The van der Waals surface area contributed by atoms with E-state index in [2.05, 4.69) is 21.2 Å². The molecule has 19 heavy (non-hydrogen) atoms. The average Bonchev–Trinajstić information content (AvgIpc) is 2.30. The summed E-state index contributed by atoms with van der Waals surface area (Å²) < 4.78 is 0.509. The summed E-state index contributed by atoms with van der Waals surface area (Å²) in [6, 6.07) is 3.57. The zero-order valence-electron chi connectivity index (χ0n) is 10.0. The molecular weight excluding hydrogens is 318 g/mol. The number of aryl methyl sites for hydroxylation is 1. The van der Waals surface area contributed by atoms with Crippen LogP contribution in [0.5, 0.6) is 0 Å². The number of carboxylic acids is 2. The van der Waals surface area contributed by atoms with E-state index in [0.29, 0.717) is 4.47 Å². The summed E-state index contributed by atoms with van der Waals surface area (Å²) in [7, 11) is 0. The van der Waals surface area contributed by atoms with Gasteiger partial charge in [-0.15, -0.1) is 0 Å². The van der Waals surface area contributed by atoms with Gasteiger partial charge < -0.3 is 15.5 Å². The number of benzene rings is 1. The topological polar surface area (TPSA) is 104 Å². The maximum atomic E-state index is 11.9. The van der Waals surface area contributed by atoms with Gasteiger partial charge in [-0.3, -0.25) is 9.59 Å². The maximum Gasteiger partial charge on any atom is 0.326 e. The van der Waals surface area contributed by atoms with E-state index in [-0.39, 0.29) is 5.56 Å². The molecule has 0 heterocycles. The molecule has 6 nitrogen and oxygen atoms in total. The van der Waals surface area contributed by atoms with Crippen LogP contribution in [0.2, 0.25) is 0 Å². The molecule has 0 aliphatic carbocycles. The van der Waals surface area contributed by atoms with Crippen LogP contribution in [0.25, 0.3) is 0 Å². The number of halogens is 1. The van der Waals surface area contributed by atoms with E-state index in [4.69, 9.17) is 10.2 Å². The number of carboxylic acid groups (broad SMARTS) is 2. The fourth-order valence-electron chi connectivity index (χ4n) is 1.42. The molecule has 0 unspecified atom stereocenters. The standard InChI is InChI=1S/C12H12BrNO5/c1-6-2-3-8(13)7(4-6)11(17)14-9(12(18)19)5-10(15)16/h2-4,9H,5H2,1H3,(H,14,17)(H,15,16)(H,18,19)/t9-/m1/s1. The summed E-state index contributed by atoms with van der Waals surface area (Å²) in [6.45, 7) is 1.79. The summed E-state index contributed by atoms with van der Waals surface area (Å²) >= 11 is 3.18. The number of hydrogen-bond donors (Lipinski definition) is 3. The van der Waals surface area contributed by atoms with Crippen LogP contribution in [0.15, 0.2) is 22.7 Å². The molecule has 0 aliphatic rings. The Kier molecular flexibility index (Phi) is 5.05. The molecule has 1 aromatic carbocycles. The molecule has 0 saturated carbocycles. The van der Waals surface area contributed by atoms with Crippen molar-refractivity contribution in [2.75, 3.05) is 0 Å². The third-order valence-corrected chi connectivity index (χ3v) is 3.04. The minimum absolute atomic E-state index is 0.261. The van der Waals surface area contributed by atoms with Gasteiger partial charge in [-0.2, -0.15) is 0 Å². The van der Waals surface area contributed by atoms with Crippen molar-refractivity contribution < 1.29 is 24.6 Å². The Labute approximate surface area is 117 Å². The Hall–Kier alpha value is -1.89. The van der Waals surface area contributed by atoms with Crippen LogP contribution in [0.1, 0.15) is 22.3 Å². The molecule has 0 aromatic heterocycles. The number of nitrogens with one attached hydrogen (secondary N) is 1. The van der Waals surface area contributed by atoms with Gasteiger partial charge in [0.05, 0.1) is 12.0 Å². The Balaban J connectivity index is 2.90.